The van der Waals surface area contributed by atoms with E-state index in [0.29, 0.717) is 0 Å². The highest BCUT2D eigenvalue weighted by Crippen LogP contribution is 2.17. The van der Waals surface area contributed by atoms with E-state index in [9.17, 15) is 0 Å². The summed E-state index contributed by atoms with van der Waals surface area (Å²) in [5.41, 5.74) is 4.63. The van der Waals surface area contributed by atoms with Crippen molar-refractivity contribution < 1.29 is 4.12 Å². The van der Waals surface area contributed by atoms with Crippen molar-refractivity contribution in [3.05, 3.63) is 23.6 Å². The maximum atomic E-state index is 6.33. The van der Waals surface area contributed by atoms with Gasteiger partial charge in [-0.25, -0.2) is 0 Å². The van der Waals surface area contributed by atoms with Gasteiger partial charge < -0.3 is 4.12 Å². The molecule has 0 aromatic heterocycles. The van der Waals surface area contributed by atoms with Gasteiger partial charge in [0.15, 0.2) is 8.32 Å². The molecule has 88 valence electrons. The molecule has 0 fully saturated rings. The molecule has 0 aliphatic heterocycles. The maximum absolute atomic E-state index is 6.33. The van der Waals surface area contributed by atoms with Crippen molar-refractivity contribution in [2.24, 2.45) is 0 Å². The lowest BCUT2D eigenvalue weighted by Gasteiger charge is -2.29. The van der Waals surface area contributed by atoms with Gasteiger partial charge in [0.25, 0.3) is 0 Å². The molecule has 0 N–H and O–H groups in total. The lowest BCUT2D eigenvalue weighted by atomic mass is 10.5. The van der Waals surface area contributed by atoms with Crippen LogP contribution in [0, 0.1) is 0 Å². The number of rotatable bonds is 6. The highest BCUT2D eigenvalue weighted by atomic mass is 28.4. The molecule has 0 aliphatic carbocycles. The van der Waals surface area contributed by atoms with Crippen LogP contribution in [0.2, 0.25) is 26.2 Å². The van der Waals surface area contributed by atoms with E-state index in [1.165, 1.54) is 0 Å². The fraction of sp³-hybridized carbons (Fsp3) is 0.667. The number of hydrogen-bond donors (Lipinski definition) is 0. The second-order valence-electron chi connectivity index (χ2n) is 5.02. The Kier molecular flexibility index (Phi) is 6.40. The minimum Gasteiger partial charge on any atom is -0.450 e. The van der Waals surface area contributed by atoms with Crippen LogP contribution >= 0.6 is 0 Å². The zero-order valence-corrected chi connectivity index (χ0v) is 13.1. The molecule has 0 rings (SSSR count). The third kappa shape index (κ3) is 7.76. The standard InChI is InChI=1S/C12H26OSi2/c1-7-9-11-15(6,12-10-8-2)13-14(3,4)5/h9-12H,7-8H2,1-6H3. The normalized spacial score (nSPS) is 17.5. The molecule has 0 aromatic rings. The Morgan fingerprint density at radius 2 is 1.27 bits per heavy atom. The predicted molar refractivity (Wildman–Crippen MR) is 74.9 cm³/mol. The molecule has 0 atom stereocenters. The Morgan fingerprint density at radius 1 is 0.867 bits per heavy atom. The second kappa shape index (κ2) is 6.45. The van der Waals surface area contributed by atoms with E-state index in [1.807, 2.05) is 0 Å². The molecule has 0 saturated carbocycles. The lowest BCUT2D eigenvalue weighted by molar-refractivity contribution is 0.570. The first kappa shape index (κ1) is 14.9. The van der Waals surface area contributed by atoms with Gasteiger partial charge in [0.1, 0.15) is 0 Å². The summed E-state index contributed by atoms with van der Waals surface area (Å²) in [6.45, 7) is 13.4. The lowest BCUT2D eigenvalue weighted by Crippen LogP contribution is -2.42. The highest BCUT2D eigenvalue weighted by Gasteiger charge is 2.29. The Hall–Kier alpha value is -0.126. The molecule has 0 aliphatic rings. The summed E-state index contributed by atoms with van der Waals surface area (Å²) in [7, 11) is -3.16. The number of allylic oxidation sites excluding steroid dienone is 2. The average molecular weight is 243 g/mol. The van der Waals surface area contributed by atoms with Gasteiger partial charge >= 0.3 is 0 Å². The summed E-state index contributed by atoms with van der Waals surface area (Å²) >= 11 is 0. The third-order valence-corrected chi connectivity index (χ3v) is 7.90. The van der Waals surface area contributed by atoms with Gasteiger partial charge in [-0.3, -0.25) is 0 Å². The number of hydrogen-bond acceptors (Lipinski definition) is 1. The SMILES string of the molecule is CCC=C[Si](C)(C=CCC)O[Si](C)(C)C. The van der Waals surface area contributed by atoms with E-state index in [0.717, 1.165) is 12.8 Å². The Labute approximate surface area is 97.5 Å². The Balaban J connectivity index is 4.69. The van der Waals surface area contributed by atoms with Gasteiger partial charge in [-0.05, 0) is 39.0 Å². The summed E-state index contributed by atoms with van der Waals surface area (Å²) in [6.07, 6.45) is 6.67. The summed E-state index contributed by atoms with van der Waals surface area (Å²) in [4.78, 5) is 0. The minimum absolute atomic E-state index is 1.09. The molecule has 0 saturated heterocycles. The fourth-order valence-electron chi connectivity index (χ4n) is 1.49. The van der Waals surface area contributed by atoms with E-state index in [1.54, 1.807) is 0 Å². The molecule has 0 unspecified atom stereocenters. The van der Waals surface area contributed by atoms with Crippen LogP contribution in [0.5, 0.6) is 0 Å². The van der Waals surface area contributed by atoms with Gasteiger partial charge in [-0.1, -0.05) is 37.4 Å². The molecule has 15 heavy (non-hydrogen) atoms. The van der Waals surface area contributed by atoms with Gasteiger partial charge in [-0.15, -0.1) is 0 Å². The van der Waals surface area contributed by atoms with Crippen molar-refractivity contribution in [1.82, 2.24) is 0 Å². The summed E-state index contributed by atoms with van der Waals surface area (Å²) in [5, 5.41) is 0. The predicted octanol–water partition coefficient (Wildman–Crippen LogP) is 4.42. The molecule has 0 heterocycles. The van der Waals surface area contributed by atoms with E-state index < -0.39 is 16.6 Å². The van der Waals surface area contributed by atoms with E-state index in [2.05, 4.69) is 63.6 Å². The van der Waals surface area contributed by atoms with E-state index in [-0.39, 0.29) is 0 Å². The van der Waals surface area contributed by atoms with Gasteiger partial charge in [0, 0.05) is 0 Å². The molecule has 0 aromatic carbocycles. The molecule has 0 amide bonds. The largest absolute Gasteiger partial charge is 0.450 e. The van der Waals surface area contributed by atoms with E-state index in [4.69, 9.17) is 4.12 Å². The van der Waals surface area contributed by atoms with Crippen molar-refractivity contribution in [2.75, 3.05) is 0 Å². The van der Waals surface area contributed by atoms with Crippen LogP contribution in [-0.4, -0.2) is 16.6 Å². The third-order valence-electron chi connectivity index (χ3n) is 1.90. The molecule has 0 bridgehead atoms. The van der Waals surface area contributed by atoms with Crippen LogP contribution in [0.4, 0.5) is 0 Å². The first-order valence-electron chi connectivity index (χ1n) is 5.88. The first-order chi connectivity index (χ1) is 6.83. The Morgan fingerprint density at radius 3 is 1.53 bits per heavy atom. The smallest absolute Gasteiger partial charge is 0.226 e. The van der Waals surface area contributed by atoms with Crippen LogP contribution in [0.3, 0.4) is 0 Å². The van der Waals surface area contributed by atoms with Crippen molar-refractivity contribution in [3.8, 4) is 0 Å². The van der Waals surface area contributed by atoms with Gasteiger partial charge in [0.05, 0.1) is 0 Å². The van der Waals surface area contributed by atoms with Crippen molar-refractivity contribution in [3.63, 3.8) is 0 Å². The summed E-state index contributed by atoms with van der Waals surface area (Å²) in [5.74, 6) is 0. The second-order valence-corrected chi connectivity index (χ2v) is 13.1. The highest BCUT2D eigenvalue weighted by molar-refractivity contribution is 6.90. The van der Waals surface area contributed by atoms with Crippen molar-refractivity contribution in [1.29, 1.82) is 0 Å². The molecule has 3 heteroatoms. The average Bonchev–Trinajstić information content (AvgIpc) is 2.09. The molecule has 0 radical (unpaired) electrons. The van der Waals surface area contributed by atoms with Crippen LogP contribution in [0.15, 0.2) is 23.6 Å². The van der Waals surface area contributed by atoms with Crippen LogP contribution < -0.4 is 0 Å². The van der Waals surface area contributed by atoms with Crippen LogP contribution in [-0.2, 0) is 4.12 Å². The zero-order chi connectivity index (χ0) is 11.9. The van der Waals surface area contributed by atoms with Crippen molar-refractivity contribution in [2.45, 2.75) is 52.9 Å². The fourth-order valence-corrected chi connectivity index (χ4v) is 8.83. The van der Waals surface area contributed by atoms with E-state index >= 15 is 0 Å². The molecular weight excluding hydrogens is 216 g/mol. The van der Waals surface area contributed by atoms with Crippen LogP contribution in [0.1, 0.15) is 26.7 Å². The van der Waals surface area contributed by atoms with Crippen LogP contribution in [0.25, 0.3) is 0 Å². The van der Waals surface area contributed by atoms with Gasteiger partial charge in [0.2, 0.25) is 8.32 Å². The first-order valence-corrected chi connectivity index (χ1v) is 11.9. The summed E-state index contributed by atoms with van der Waals surface area (Å²) < 4.78 is 6.33. The van der Waals surface area contributed by atoms with Gasteiger partial charge in [-0.2, -0.15) is 0 Å². The maximum Gasteiger partial charge on any atom is 0.226 e. The summed E-state index contributed by atoms with van der Waals surface area (Å²) in [6, 6.07) is 0. The zero-order valence-electron chi connectivity index (χ0n) is 11.1. The molecule has 1 nitrogen and oxygen atoms in total. The van der Waals surface area contributed by atoms with Crippen molar-refractivity contribution >= 4 is 16.6 Å². The monoisotopic (exact) mass is 242 g/mol. The molecule has 0 spiro atoms. The quantitative estimate of drug-likeness (QED) is 0.626. The minimum atomic E-state index is -1.73. The topological polar surface area (TPSA) is 9.23 Å². The molecular formula is C12H26OSi2. The Bertz CT molecular complexity index is 212.